The normalized spacial score (nSPS) is 11.6. The number of ether oxygens (including phenoxy) is 1. The van der Waals surface area contributed by atoms with E-state index in [0.29, 0.717) is 23.5 Å². The lowest BCUT2D eigenvalue weighted by Gasteiger charge is -2.18. The molecule has 26 heavy (non-hydrogen) atoms. The van der Waals surface area contributed by atoms with Crippen LogP contribution in [0.4, 0.5) is 0 Å². The van der Waals surface area contributed by atoms with Gasteiger partial charge >= 0.3 is 0 Å². The molecule has 5 heteroatoms. The Labute approximate surface area is 152 Å². The summed E-state index contributed by atoms with van der Waals surface area (Å²) in [6.45, 7) is -0.00225. The Morgan fingerprint density at radius 1 is 1.00 bits per heavy atom. The van der Waals surface area contributed by atoms with Gasteiger partial charge in [0.15, 0.2) is 0 Å². The van der Waals surface area contributed by atoms with Crippen LogP contribution in [-0.2, 0) is 0 Å². The number of aliphatic hydroxyl groups excluding tert-OH is 1. The van der Waals surface area contributed by atoms with Crippen LogP contribution in [0, 0.1) is 0 Å². The lowest BCUT2D eigenvalue weighted by molar-refractivity contribution is 0.0930. The van der Waals surface area contributed by atoms with Crippen LogP contribution in [0.25, 0.3) is 0 Å². The monoisotopic (exact) mass is 348 g/mol. The lowest BCUT2D eigenvalue weighted by Crippen LogP contribution is -2.29. The number of carbonyl (C=O) groups excluding carboxylic acids is 1. The quantitative estimate of drug-likeness (QED) is 0.682. The van der Waals surface area contributed by atoms with Gasteiger partial charge in [0.25, 0.3) is 5.91 Å². The van der Waals surface area contributed by atoms with E-state index in [4.69, 9.17) is 4.74 Å². The second-order valence-electron chi connectivity index (χ2n) is 5.76. The van der Waals surface area contributed by atoms with Gasteiger partial charge in [0.05, 0.1) is 12.2 Å². The summed E-state index contributed by atoms with van der Waals surface area (Å²) in [6.07, 6.45) is 3.76. The third-order valence-corrected chi connectivity index (χ3v) is 3.91. The molecule has 0 saturated carbocycles. The van der Waals surface area contributed by atoms with Gasteiger partial charge in [-0.25, -0.2) is 0 Å². The smallest absolute Gasteiger partial charge is 0.251 e. The molecule has 0 aliphatic rings. The number of pyridine rings is 1. The first-order valence-corrected chi connectivity index (χ1v) is 8.41. The molecule has 3 aromatic rings. The molecule has 0 aliphatic heterocycles. The Kier molecular flexibility index (Phi) is 5.96. The first-order chi connectivity index (χ1) is 12.8. The van der Waals surface area contributed by atoms with Crippen LogP contribution in [0.15, 0.2) is 79.1 Å². The number of aromatic nitrogens is 1. The van der Waals surface area contributed by atoms with Crippen molar-refractivity contribution >= 4 is 5.91 Å². The van der Waals surface area contributed by atoms with Gasteiger partial charge < -0.3 is 15.2 Å². The van der Waals surface area contributed by atoms with Crippen molar-refractivity contribution in [3.63, 3.8) is 0 Å². The van der Waals surface area contributed by atoms with Crippen LogP contribution in [0.1, 0.15) is 28.4 Å². The summed E-state index contributed by atoms with van der Waals surface area (Å²) in [7, 11) is 0. The van der Waals surface area contributed by atoms with E-state index in [-0.39, 0.29) is 18.6 Å². The molecule has 2 N–H and O–H groups in total. The highest BCUT2D eigenvalue weighted by Crippen LogP contribution is 2.21. The SMILES string of the molecule is O=C(NC(CCO)c1ccccc1)c1ccc(Oc2cccnc2)cc1. The molecule has 0 spiro atoms. The standard InChI is InChI=1S/C21H20N2O3/c24-14-12-20(16-5-2-1-3-6-16)23-21(25)17-8-10-18(11-9-17)26-19-7-4-13-22-15-19/h1-11,13,15,20,24H,12,14H2,(H,23,25). The van der Waals surface area contributed by atoms with E-state index in [9.17, 15) is 9.90 Å². The molecule has 5 nitrogen and oxygen atoms in total. The number of rotatable bonds is 7. The zero-order valence-corrected chi connectivity index (χ0v) is 14.2. The molecule has 0 fully saturated rings. The van der Waals surface area contributed by atoms with Crippen LogP contribution in [0.2, 0.25) is 0 Å². The van der Waals surface area contributed by atoms with Gasteiger partial charge in [0.1, 0.15) is 11.5 Å². The lowest BCUT2D eigenvalue weighted by atomic mass is 10.0. The highest BCUT2D eigenvalue weighted by atomic mass is 16.5. The zero-order valence-electron chi connectivity index (χ0n) is 14.2. The Morgan fingerprint density at radius 2 is 1.77 bits per heavy atom. The molecule has 1 amide bonds. The van der Waals surface area contributed by atoms with Gasteiger partial charge in [-0.1, -0.05) is 30.3 Å². The Bertz CT molecular complexity index is 821. The maximum Gasteiger partial charge on any atom is 0.251 e. The fraction of sp³-hybridized carbons (Fsp3) is 0.143. The predicted molar refractivity (Wildman–Crippen MR) is 99.1 cm³/mol. The van der Waals surface area contributed by atoms with Crippen molar-refractivity contribution in [3.05, 3.63) is 90.3 Å². The van der Waals surface area contributed by atoms with E-state index in [1.54, 1.807) is 42.7 Å². The predicted octanol–water partition coefficient (Wildman–Crippen LogP) is 3.73. The summed E-state index contributed by atoms with van der Waals surface area (Å²) in [5.74, 6) is 1.07. The van der Waals surface area contributed by atoms with Crippen molar-refractivity contribution < 1.29 is 14.6 Å². The molecular formula is C21H20N2O3. The van der Waals surface area contributed by atoms with Crippen LogP contribution in [-0.4, -0.2) is 22.6 Å². The average molecular weight is 348 g/mol. The maximum atomic E-state index is 12.5. The van der Waals surface area contributed by atoms with Crippen molar-refractivity contribution in [1.82, 2.24) is 10.3 Å². The summed E-state index contributed by atoms with van der Waals surface area (Å²) in [4.78, 5) is 16.5. The van der Waals surface area contributed by atoms with Crippen molar-refractivity contribution in [2.24, 2.45) is 0 Å². The number of hydrogen-bond donors (Lipinski definition) is 2. The summed E-state index contributed by atoms with van der Waals surface area (Å²) in [5, 5.41) is 12.3. The summed E-state index contributed by atoms with van der Waals surface area (Å²) >= 11 is 0. The fourth-order valence-electron chi connectivity index (χ4n) is 2.60. The molecule has 1 unspecified atom stereocenters. The Hall–Kier alpha value is -3.18. The van der Waals surface area contributed by atoms with Gasteiger partial charge in [0.2, 0.25) is 0 Å². The van der Waals surface area contributed by atoms with Crippen LogP contribution in [0.3, 0.4) is 0 Å². The van der Waals surface area contributed by atoms with Crippen LogP contribution >= 0.6 is 0 Å². The Balaban J connectivity index is 1.67. The largest absolute Gasteiger partial charge is 0.456 e. The molecule has 1 aromatic heterocycles. The Morgan fingerprint density at radius 3 is 2.42 bits per heavy atom. The highest BCUT2D eigenvalue weighted by molar-refractivity contribution is 5.94. The summed E-state index contributed by atoms with van der Waals surface area (Å²) in [6, 6.07) is 19.9. The molecule has 132 valence electrons. The minimum atomic E-state index is -0.236. The maximum absolute atomic E-state index is 12.5. The van der Waals surface area contributed by atoms with Crippen molar-refractivity contribution in [2.45, 2.75) is 12.5 Å². The van der Waals surface area contributed by atoms with Crippen LogP contribution < -0.4 is 10.1 Å². The van der Waals surface area contributed by atoms with Gasteiger partial charge in [0, 0.05) is 18.4 Å². The van der Waals surface area contributed by atoms with Gasteiger partial charge in [-0.3, -0.25) is 9.78 Å². The number of nitrogens with one attached hydrogen (secondary N) is 1. The second-order valence-corrected chi connectivity index (χ2v) is 5.76. The topological polar surface area (TPSA) is 71.5 Å². The van der Waals surface area contributed by atoms with Gasteiger partial charge in [-0.05, 0) is 48.4 Å². The highest BCUT2D eigenvalue weighted by Gasteiger charge is 2.15. The van der Waals surface area contributed by atoms with E-state index in [0.717, 1.165) is 5.56 Å². The number of carbonyl (C=O) groups is 1. The summed E-state index contributed by atoms with van der Waals surface area (Å²) in [5.41, 5.74) is 1.49. The third-order valence-electron chi connectivity index (χ3n) is 3.91. The fourth-order valence-corrected chi connectivity index (χ4v) is 2.60. The molecule has 0 saturated heterocycles. The molecule has 0 bridgehead atoms. The number of hydrogen-bond acceptors (Lipinski definition) is 4. The molecule has 0 aliphatic carbocycles. The second kappa shape index (κ2) is 8.78. The molecule has 3 rings (SSSR count). The summed E-state index contributed by atoms with van der Waals surface area (Å²) < 4.78 is 5.67. The third kappa shape index (κ3) is 4.68. The number of nitrogens with zero attached hydrogens (tertiary/aromatic N) is 1. The molecule has 1 heterocycles. The molecule has 2 aromatic carbocycles. The van der Waals surface area contributed by atoms with Gasteiger partial charge in [-0.15, -0.1) is 0 Å². The minimum absolute atomic E-state index is 0.00225. The number of amides is 1. The first kappa shape index (κ1) is 17.6. The van der Waals surface area contributed by atoms with Gasteiger partial charge in [-0.2, -0.15) is 0 Å². The first-order valence-electron chi connectivity index (χ1n) is 8.41. The molecule has 0 radical (unpaired) electrons. The molecular weight excluding hydrogens is 328 g/mol. The number of aliphatic hydroxyl groups is 1. The van der Waals surface area contributed by atoms with E-state index in [1.807, 2.05) is 36.4 Å². The number of benzene rings is 2. The zero-order chi connectivity index (χ0) is 18.2. The van der Waals surface area contributed by atoms with E-state index in [1.165, 1.54) is 0 Å². The van der Waals surface area contributed by atoms with E-state index < -0.39 is 0 Å². The van der Waals surface area contributed by atoms with Crippen molar-refractivity contribution in [3.8, 4) is 11.5 Å². The van der Waals surface area contributed by atoms with E-state index in [2.05, 4.69) is 10.3 Å². The average Bonchev–Trinajstić information content (AvgIpc) is 2.69. The van der Waals surface area contributed by atoms with Crippen molar-refractivity contribution in [1.29, 1.82) is 0 Å². The van der Waals surface area contributed by atoms with E-state index >= 15 is 0 Å². The van der Waals surface area contributed by atoms with Crippen LogP contribution in [0.5, 0.6) is 11.5 Å². The molecule has 1 atom stereocenters. The minimum Gasteiger partial charge on any atom is -0.456 e. The van der Waals surface area contributed by atoms with Crippen molar-refractivity contribution in [2.75, 3.05) is 6.61 Å².